The second-order valence-corrected chi connectivity index (χ2v) is 7.10. The Morgan fingerprint density at radius 1 is 1.00 bits per heavy atom. The Hall–Kier alpha value is -3.75. The van der Waals surface area contributed by atoms with Gasteiger partial charge in [-0.2, -0.15) is 13.2 Å². The van der Waals surface area contributed by atoms with Crippen molar-refractivity contribution in [1.29, 1.82) is 0 Å². The maximum Gasteiger partial charge on any atom is 0.416 e. The SMILES string of the molecule is COc1cc(CCC(=O)O)cc(OC)c1OCc1cccc(-c2ccc(C(F)(F)F)cc2)n1. The summed E-state index contributed by atoms with van der Waals surface area (Å²) < 4.78 is 55.1. The fraction of sp³-hybridized carbons (Fsp3) is 0.250. The van der Waals surface area contributed by atoms with Crippen molar-refractivity contribution in [2.75, 3.05) is 14.2 Å². The molecule has 0 aliphatic carbocycles. The minimum atomic E-state index is -4.40. The Morgan fingerprint density at radius 3 is 2.18 bits per heavy atom. The molecule has 3 rings (SSSR count). The van der Waals surface area contributed by atoms with Crippen LogP contribution in [0.15, 0.2) is 54.6 Å². The van der Waals surface area contributed by atoms with Crippen molar-refractivity contribution in [3.63, 3.8) is 0 Å². The zero-order valence-electron chi connectivity index (χ0n) is 18.0. The van der Waals surface area contributed by atoms with Crippen LogP contribution in [0.25, 0.3) is 11.3 Å². The van der Waals surface area contributed by atoms with Gasteiger partial charge >= 0.3 is 12.1 Å². The highest BCUT2D eigenvalue weighted by Gasteiger charge is 2.30. The van der Waals surface area contributed by atoms with Crippen molar-refractivity contribution >= 4 is 5.97 Å². The molecule has 2 aromatic carbocycles. The average Bonchev–Trinajstić information content (AvgIpc) is 2.80. The summed E-state index contributed by atoms with van der Waals surface area (Å²) in [6.45, 7) is 0.0513. The topological polar surface area (TPSA) is 77.9 Å². The van der Waals surface area contributed by atoms with E-state index >= 15 is 0 Å². The van der Waals surface area contributed by atoms with Gasteiger partial charge in [-0.3, -0.25) is 4.79 Å². The van der Waals surface area contributed by atoms with Crippen molar-refractivity contribution in [2.24, 2.45) is 0 Å². The molecule has 0 fully saturated rings. The maximum absolute atomic E-state index is 12.8. The molecule has 0 bridgehead atoms. The first-order chi connectivity index (χ1) is 15.7. The average molecular weight is 461 g/mol. The number of carboxylic acids is 1. The van der Waals surface area contributed by atoms with Crippen LogP contribution in [0.2, 0.25) is 0 Å². The van der Waals surface area contributed by atoms with E-state index in [9.17, 15) is 18.0 Å². The number of nitrogens with zero attached hydrogens (tertiary/aromatic N) is 1. The molecule has 0 aliphatic heterocycles. The summed E-state index contributed by atoms with van der Waals surface area (Å²) in [5.41, 5.74) is 1.60. The Balaban J connectivity index is 1.79. The van der Waals surface area contributed by atoms with Gasteiger partial charge in [0.25, 0.3) is 0 Å². The number of aromatic nitrogens is 1. The van der Waals surface area contributed by atoms with E-state index < -0.39 is 17.7 Å². The van der Waals surface area contributed by atoms with Gasteiger partial charge in [-0.1, -0.05) is 18.2 Å². The molecule has 6 nitrogen and oxygen atoms in total. The third-order valence-electron chi connectivity index (χ3n) is 4.83. The van der Waals surface area contributed by atoms with Crippen LogP contribution in [0.1, 0.15) is 23.2 Å². The Kier molecular flexibility index (Phi) is 7.42. The number of carboxylic acid groups (broad SMARTS) is 1. The van der Waals surface area contributed by atoms with Crippen LogP contribution in [0.5, 0.6) is 17.2 Å². The second-order valence-electron chi connectivity index (χ2n) is 7.10. The van der Waals surface area contributed by atoms with Crippen molar-refractivity contribution in [3.8, 4) is 28.5 Å². The van der Waals surface area contributed by atoms with E-state index in [1.165, 1.54) is 26.4 Å². The molecular weight excluding hydrogens is 439 g/mol. The van der Waals surface area contributed by atoms with E-state index in [1.54, 1.807) is 30.3 Å². The Bertz CT molecular complexity index is 1090. The maximum atomic E-state index is 12.8. The number of methoxy groups -OCH3 is 2. The van der Waals surface area contributed by atoms with Crippen molar-refractivity contribution in [3.05, 3.63) is 71.4 Å². The van der Waals surface area contributed by atoms with Crippen LogP contribution in [-0.4, -0.2) is 30.3 Å². The monoisotopic (exact) mass is 461 g/mol. The molecule has 0 aliphatic rings. The number of aryl methyl sites for hydroxylation is 1. The van der Waals surface area contributed by atoms with Crippen LogP contribution < -0.4 is 14.2 Å². The van der Waals surface area contributed by atoms with Crippen molar-refractivity contribution in [2.45, 2.75) is 25.6 Å². The van der Waals surface area contributed by atoms with Crippen LogP contribution in [0.3, 0.4) is 0 Å². The van der Waals surface area contributed by atoms with E-state index in [1.807, 2.05) is 0 Å². The number of rotatable bonds is 9. The summed E-state index contributed by atoms with van der Waals surface area (Å²) in [6.07, 6.45) is -4.13. The number of carbonyl (C=O) groups is 1. The molecule has 9 heteroatoms. The van der Waals surface area contributed by atoms with Crippen LogP contribution >= 0.6 is 0 Å². The van der Waals surface area contributed by atoms with Gasteiger partial charge in [0.2, 0.25) is 5.75 Å². The lowest BCUT2D eigenvalue weighted by Crippen LogP contribution is -2.05. The summed E-state index contributed by atoms with van der Waals surface area (Å²) in [7, 11) is 2.93. The lowest BCUT2D eigenvalue weighted by atomic mass is 10.1. The molecule has 0 amide bonds. The zero-order valence-corrected chi connectivity index (χ0v) is 18.0. The molecule has 1 N–H and O–H groups in total. The predicted octanol–water partition coefficient (Wildman–Crippen LogP) is 5.38. The first-order valence-electron chi connectivity index (χ1n) is 9.94. The normalized spacial score (nSPS) is 11.2. The highest BCUT2D eigenvalue weighted by Crippen LogP contribution is 2.39. The van der Waals surface area contributed by atoms with Crippen LogP contribution in [-0.2, 0) is 24.0 Å². The molecule has 1 heterocycles. The van der Waals surface area contributed by atoms with E-state index in [2.05, 4.69) is 4.98 Å². The first kappa shape index (κ1) is 23.9. The number of hydrogen-bond acceptors (Lipinski definition) is 5. The predicted molar refractivity (Wildman–Crippen MR) is 115 cm³/mol. The van der Waals surface area contributed by atoms with E-state index in [0.717, 1.165) is 17.7 Å². The molecular formula is C24H22F3NO5. The standard InChI is InChI=1S/C24H22F3NO5/c1-31-20-12-15(6-11-22(29)30)13-21(32-2)23(20)33-14-18-4-3-5-19(28-18)16-7-9-17(10-8-16)24(25,26)27/h3-5,7-10,12-13H,6,11,14H2,1-2H3,(H,29,30). The number of halogens is 3. The zero-order chi connectivity index (χ0) is 24.0. The Labute approximate surface area is 188 Å². The molecule has 0 atom stereocenters. The molecule has 1 aromatic heterocycles. The van der Waals surface area contributed by atoms with Gasteiger partial charge in [0.1, 0.15) is 6.61 Å². The van der Waals surface area contributed by atoms with Crippen molar-refractivity contribution in [1.82, 2.24) is 4.98 Å². The van der Waals surface area contributed by atoms with Crippen LogP contribution in [0.4, 0.5) is 13.2 Å². The van der Waals surface area contributed by atoms with Gasteiger partial charge in [0.15, 0.2) is 11.5 Å². The molecule has 33 heavy (non-hydrogen) atoms. The van der Waals surface area contributed by atoms with Gasteiger partial charge in [0.05, 0.1) is 31.2 Å². The highest BCUT2D eigenvalue weighted by atomic mass is 19.4. The fourth-order valence-electron chi connectivity index (χ4n) is 3.17. The lowest BCUT2D eigenvalue weighted by molar-refractivity contribution is -0.138. The molecule has 0 saturated carbocycles. The van der Waals surface area contributed by atoms with E-state index in [-0.39, 0.29) is 13.0 Å². The molecule has 0 saturated heterocycles. The number of pyridine rings is 1. The summed E-state index contributed by atoms with van der Waals surface area (Å²) in [4.78, 5) is 15.3. The van der Waals surface area contributed by atoms with Gasteiger partial charge < -0.3 is 19.3 Å². The van der Waals surface area contributed by atoms with Crippen molar-refractivity contribution < 1.29 is 37.3 Å². The lowest BCUT2D eigenvalue weighted by Gasteiger charge is -2.16. The largest absolute Gasteiger partial charge is 0.493 e. The van der Waals surface area contributed by atoms with Gasteiger partial charge in [-0.25, -0.2) is 4.98 Å². The summed E-state index contributed by atoms with van der Waals surface area (Å²) in [5, 5.41) is 8.90. The number of ether oxygens (including phenoxy) is 3. The van der Waals surface area contributed by atoms with Crippen LogP contribution in [0, 0.1) is 0 Å². The summed E-state index contributed by atoms with van der Waals surface area (Å²) >= 11 is 0. The molecule has 174 valence electrons. The minimum absolute atomic E-state index is 0.0345. The number of aliphatic carboxylic acids is 1. The van der Waals surface area contributed by atoms with Gasteiger partial charge in [-0.05, 0) is 48.4 Å². The molecule has 0 spiro atoms. The van der Waals surface area contributed by atoms with E-state index in [0.29, 0.717) is 40.6 Å². The Morgan fingerprint density at radius 2 is 1.64 bits per heavy atom. The van der Waals surface area contributed by atoms with Gasteiger partial charge in [-0.15, -0.1) is 0 Å². The summed E-state index contributed by atoms with van der Waals surface area (Å²) in [6, 6.07) is 13.3. The quantitative estimate of drug-likeness (QED) is 0.461. The molecule has 0 unspecified atom stereocenters. The second kappa shape index (κ2) is 10.2. The molecule has 0 radical (unpaired) electrons. The number of alkyl halides is 3. The highest BCUT2D eigenvalue weighted by molar-refractivity contribution is 5.67. The fourth-order valence-corrected chi connectivity index (χ4v) is 3.17. The first-order valence-corrected chi connectivity index (χ1v) is 9.94. The number of benzene rings is 2. The third-order valence-corrected chi connectivity index (χ3v) is 4.83. The minimum Gasteiger partial charge on any atom is -0.493 e. The van der Waals surface area contributed by atoms with Gasteiger partial charge in [0, 0.05) is 12.0 Å². The summed E-state index contributed by atoms with van der Waals surface area (Å²) in [5.74, 6) is 0.190. The molecule has 3 aromatic rings. The third kappa shape index (κ3) is 6.15. The smallest absolute Gasteiger partial charge is 0.416 e. The number of hydrogen-bond donors (Lipinski definition) is 1. The van der Waals surface area contributed by atoms with E-state index in [4.69, 9.17) is 19.3 Å².